The highest BCUT2D eigenvalue weighted by Gasteiger charge is 2.32. The predicted molar refractivity (Wildman–Crippen MR) is 61.9 cm³/mol. The van der Waals surface area contributed by atoms with Gasteiger partial charge in [0.1, 0.15) is 4.58 Å². The van der Waals surface area contributed by atoms with Crippen LogP contribution in [0, 0.1) is 10.1 Å². The smallest absolute Gasteiger partial charge is 0.258 e. The van der Waals surface area contributed by atoms with E-state index in [0.29, 0.717) is 17.1 Å². The Kier molecular flexibility index (Phi) is 3.15. The lowest BCUT2D eigenvalue weighted by Crippen LogP contribution is -2.04. The summed E-state index contributed by atoms with van der Waals surface area (Å²) >= 11 is 0. The van der Waals surface area contributed by atoms with Crippen LogP contribution in [0.2, 0.25) is 0 Å². The molecule has 2 atom stereocenters. The van der Waals surface area contributed by atoms with E-state index >= 15 is 0 Å². The van der Waals surface area contributed by atoms with Crippen molar-refractivity contribution in [2.75, 3.05) is 11.5 Å². The number of nitro groups is 1. The van der Waals surface area contributed by atoms with E-state index < -0.39 is 31.1 Å². The van der Waals surface area contributed by atoms with Gasteiger partial charge < -0.3 is 0 Å². The van der Waals surface area contributed by atoms with Crippen LogP contribution in [0.15, 0.2) is 24.3 Å². The molecule has 1 fully saturated rings. The van der Waals surface area contributed by atoms with E-state index in [1.165, 1.54) is 24.3 Å². The zero-order valence-electron chi connectivity index (χ0n) is 8.20. The molecule has 86 valence electrons. The van der Waals surface area contributed by atoms with Crippen LogP contribution >= 0.6 is 0 Å². The van der Waals surface area contributed by atoms with Crippen LogP contribution < -0.4 is 0 Å². The predicted octanol–water partition coefficient (Wildman–Crippen LogP) is 1.10. The average Bonchev–Trinajstić information content (AvgIpc) is 2.59. The summed E-state index contributed by atoms with van der Waals surface area (Å²) in [4.78, 5) is 9.95. The highest BCUT2D eigenvalue weighted by Crippen LogP contribution is 2.30. The molecule has 0 spiro atoms. The van der Waals surface area contributed by atoms with Gasteiger partial charge in [0.15, 0.2) is 0 Å². The van der Waals surface area contributed by atoms with Crippen LogP contribution in [0.1, 0.15) is 10.1 Å². The second kappa shape index (κ2) is 4.42. The number of benzene rings is 1. The normalized spacial score (nSPS) is 29.1. The minimum absolute atomic E-state index is 0.0155. The summed E-state index contributed by atoms with van der Waals surface area (Å²) in [6.45, 7) is 0. The number of nitrogens with zero attached hydrogens (tertiary/aromatic N) is 1. The molecule has 0 amide bonds. The van der Waals surface area contributed by atoms with Crippen molar-refractivity contribution in [3.8, 4) is 0 Å². The molecule has 1 aromatic rings. The summed E-state index contributed by atoms with van der Waals surface area (Å²) in [5, 5.41) is 10.4. The van der Waals surface area contributed by atoms with Crippen molar-refractivity contribution in [1.82, 2.24) is 0 Å². The lowest BCUT2D eigenvalue weighted by Gasteiger charge is -2.06. The monoisotopic (exact) mass is 259 g/mol. The van der Waals surface area contributed by atoms with E-state index in [1.54, 1.807) is 0 Å². The van der Waals surface area contributed by atoms with Gasteiger partial charge in [0, 0.05) is 45.2 Å². The van der Waals surface area contributed by atoms with E-state index in [2.05, 4.69) is 0 Å². The lowest BCUT2D eigenvalue weighted by atomic mass is 10.2. The fourth-order valence-corrected chi connectivity index (χ4v) is 5.75. The second-order valence-corrected chi connectivity index (χ2v) is 6.93. The highest BCUT2D eigenvalue weighted by atomic mass is 32.3. The summed E-state index contributed by atoms with van der Waals surface area (Å²) in [6, 6.07) is 5.76. The van der Waals surface area contributed by atoms with Crippen LogP contribution in [0.25, 0.3) is 0 Å². The number of hydrogen-bond donors (Lipinski definition) is 0. The van der Waals surface area contributed by atoms with Gasteiger partial charge in [-0.1, -0.05) is 12.1 Å². The molecule has 0 N–H and O–H groups in total. The third-order valence-electron chi connectivity index (χ3n) is 2.34. The van der Waals surface area contributed by atoms with Gasteiger partial charge in [-0.25, -0.2) is 0 Å². The number of non-ortho nitro benzene ring substituents is 1. The zero-order valence-corrected chi connectivity index (χ0v) is 9.83. The lowest BCUT2D eigenvalue weighted by molar-refractivity contribution is -0.384. The van der Waals surface area contributed by atoms with E-state index in [-0.39, 0.29) is 5.69 Å². The van der Waals surface area contributed by atoms with Gasteiger partial charge in [-0.2, -0.15) is 0 Å². The first-order chi connectivity index (χ1) is 7.59. The first kappa shape index (κ1) is 11.4. The zero-order chi connectivity index (χ0) is 11.7. The Morgan fingerprint density at radius 2 is 1.62 bits per heavy atom. The van der Waals surface area contributed by atoms with Gasteiger partial charge in [-0.3, -0.25) is 18.5 Å². The topological polar surface area (TPSA) is 77.3 Å². The molecule has 1 aliphatic heterocycles. The standard InChI is InChI=1S/C9H9NO4S2/c11-10(12)8-3-1-7(2-4-8)9-15(13)5-6-16(9)14/h1-4,9H,5-6H2. The Morgan fingerprint density at radius 1 is 1.12 bits per heavy atom. The SMILES string of the molecule is O=[N+]([O-])c1ccc(C2S(=O)CCS2=O)cc1. The molecule has 2 rings (SSSR count). The molecule has 1 saturated heterocycles. The molecule has 0 saturated carbocycles. The molecule has 16 heavy (non-hydrogen) atoms. The Hall–Kier alpha value is -1.08. The van der Waals surface area contributed by atoms with Gasteiger partial charge in [0.2, 0.25) is 0 Å². The van der Waals surface area contributed by atoms with Crippen LogP contribution in [0.4, 0.5) is 5.69 Å². The maximum Gasteiger partial charge on any atom is 0.269 e. The van der Waals surface area contributed by atoms with Crippen LogP contribution in [0.5, 0.6) is 0 Å². The van der Waals surface area contributed by atoms with Gasteiger partial charge in [0.25, 0.3) is 5.69 Å². The third-order valence-corrected chi connectivity index (χ3v) is 6.60. The molecule has 5 nitrogen and oxygen atoms in total. The Bertz CT molecular complexity index is 455. The number of nitro benzene ring substituents is 1. The Morgan fingerprint density at radius 3 is 2.06 bits per heavy atom. The summed E-state index contributed by atoms with van der Waals surface area (Å²) in [7, 11) is -2.26. The second-order valence-electron chi connectivity index (χ2n) is 3.35. The highest BCUT2D eigenvalue weighted by molar-refractivity contribution is 8.05. The molecule has 1 heterocycles. The van der Waals surface area contributed by atoms with Gasteiger partial charge >= 0.3 is 0 Å². The van der Waals surface area contributed by atoms with Crippen molar-refractivity contribution in [3.63, 3.8) is 0 Å². The van der Waals surface area contributed by atoms with Crippen LogP contribution in [-0.4, -0.2) is 24.8 Å². The van der Waals surface area contributed by atoms with Gasteiger partial charge in [-0.15, -0.1) is 0 Å². The van der Waals surface area contributed by atoms with Gasteiger partial charge in [0.05, 0.1) is 4.92 Å². The molecule has 0 radical (unpaired) electrons. The maximum atomic E-state index is 11.6. The Labute approximate surface area is 96.9 Å². The summed E-state index contributed by atoms with van der Waals surface area (Å²) < 4.78 is 22.7. The van der Waals surface area contributed by atoms with Crippen LogP contribution in [-0.2, 0) is 21.6 Å². The quantitative estimate of drug-likeness (QED) is 0.588. The summed E-state index contributed by atoms with van der Waals surface area (Å²) in [6.07, 6.45) is 0. The molecule has 7 heteroatoms. The van der Waals surface area contributed by atoms with Crippen molar-refractivity contribution in [2.24, 2.45) is 0 Å². The van der Waals surface area contributed by atoms with Crippen LogP contribution in [0.3, 0.4) is 0 Å². The maximum absolute atomic E-state index is 11.6. The fourth-order valence-electron chi connectivity index (χ4n) is 1.55. The van der Waals surface area contributed by atoms with E-state index in [1.807, 2.05) is 0 Å². The van der Waals surface area contributed by atoms with Gasteiger partial charge in [-0.05, 0) is 5.56 Å². The Balaban J connectivity index is 2.31. The number of hydrogen-bond acceptors (Lipinski definition) is 4. The molecule has 2 unspecified atom stereocenters. The first-order valence-electron chi connectivity index (χ1n) is 4.58. The average molecular weight is 259 g/mol. The molecule has 1 aliphatic rings. The molecule has 0 aliphatic carbocycles. The largest absolute Gasteiger partial charge is 0.269 e. The molecular weight excluding hydrogens is 250 g/mol. The number of rotatable bonds is 2. The fraction of sp³-hybridized carbons (Fsp3) is 0.333. The van der Waals surface area contributed by atoms with E-state index in [9.17, 15) is 18.5 Å². The minimum Gasteiger partial charge on any atom is -0.258 e. The summed E-state index contributed by atoms with van der Waals surface area (Å²) in [5.74, 6) is 0.878. The molecule has 0 bridgehead atoms. The van der Waals surface area contributed by atoms with E-state index in [4.69, 9.17) is 0 Å². The first-order valence-corrected chi connectivity index (χ1v) is 7.35. The van der Waals surface area contributed by atoms with Crippen molar-refractivity contribution in [2.45, 2.75) is 4.58 Å². The molecule has 1 aromatic carbocycles. The van der Waals surface area contributed by atoms with Crippen molar-refractivity contribution >= 4 is 27.3 Å². The third kappa shape index (κ3) is 2.05. The van der Waals surface area contributed by atoms with Crippen molar-refractivity contribution in [3.05, 3.63) is 39.9 Å². The van der Waals surface area contributed by atoms with Crippen molar-refractivity contribution in [1.29, 1.82) is 0 Å². The van der Waals surface area contributed by atoms with Crippen molar-refractivity contribution < 1.29 is 13.3 Å². The molecular formula is C9H9NO4S2. The minimum atomic E-state index is -1.13. The van der Waals surface area contributed by atoms with E-state index in [0.717, 1.165) is 0 Å². The molecule has 0 aromatic heterocycles. The summed E-state index contributed by atoms with van der Waals surface area (Å²) in [5.41, 5.74) is 0.637.